The van der Waals surface area contributed by atoms with Gasteiger partial charge < -0.3 is 10.2 Å². The number of aliphatic imine (C=N–C) groups is 1. The summed E-state index contributed by atoms with van der Waals surface area (Å²) in [5.74, 6) is 1.80. The third-order valence-electron chi connectivity index (χ3n) is 3.70. The first-order valence-corrected chi connectivity index (χ1v) is 9.39. The highest BCUT2D eigenvalue weighted by Crippen LogP contribution is 2.22. The Balaban J connectivity index is 1.65. The van der Waals surface area contributed by atoms with Gasteiger partial charge in [-0.2, -0.15) is 0 Å². The van der Waals surface area contributed by atoms with E-state index >= 15 is 0 Å². The Hall–Kier alpha value is -2.12. The molecular weight excluding hydrogens is 356 g/mol. The highest BCUT2D eigenvalue weighted by Gasteiger charge is 2.09. The van der Waals surface area contributed by atoms with Gasteiger partial charge in [-0.25, -0.2) is 0 Å². The van der Waals surface area contributed by atoms with E-state index in [9.17, 15) is 0 Å². The Bertz CT molecular complexity index is 856. The van der Waals surface area contributed by atoms with Gasteiger partial charge in [0, 0.05) is 37.6 Å². The normalized spacial score (nSPS) is 11.9. The van der Waals surface area contributed by atoms with E-state index in [2.05, 4.69) is 33.4 Å². The highest BCUT2D eigenvalue weighted by molar-refractivity contribution is 7.16. The summed E-state index contributed by atoms with van der Waals surface area (Å²) in [4.78, 5) is 8.03. The van der Waals surface area contributed by atoms with Crippen LogP contribution in [0.2, 0.25) is 4.34 Å². The minimum absolute atomic E-state index is 0.646. The Morgan fingerprint density at radius 2 is 2.20 bits per heavy atom. The lowest BCUT2D eigenvalue weighted by molar-refractivity contribution is 0.481. The summed E-state index contributed by atoms with van der Waals surface area (Å²) in [6, 6.07) is 9.86. The molecule has 0 fully saturated rings. The Morgan fingerprint density at radius 1 is 1.32 bits per heavy atom. The van der Waals surface area contributed by atoms with Crippen LogP contribution in [0.25, 0.3) is 5.65 Å². The van der Waals surface area contributed by atoms with Crippen molar-refractivity contribution in [3.63, 3.8) is 0 Å². The molecule has 132 valence electrons. The van der Waals surface area contributed by atoms with Crippen LogP contribution in [-0.4, -0.2) is 45.6 Å². The largest absolute Gasteiger partial charge is 0.357 e. The summed E-state index contributed by atoms with van der Waals surface area (Å²) in [7, 11) is 2.03. The Kier molecular flexibility index (Phi) is 5.88. The van der Waals surface area contributed by atoms with Crippen LogP contribution < -0.4 is 5.32 Å². The highest BCUT2D eigenvalue weighted by atomic mass is 35.5. The number of halogens is 1. The summed E-state index contributed by atoms with van der Waals surface area (Å²) in [5, 5.41) is 11.8. The average molecular weight is 377 g/mol. The van der Waals surface area contributed by atoms with Crippen molar-refractivity contribution in [3.05, 3.63) is 51.6 Å². The number of aromatic nitrogens is 3. The summed E-state index contributed by atoms with van der Waals surface area (Å²) < 4.78 is 2.81. The van der Waals surface area contributed by atoms with Crippen molar-refractivity contribution in [2.24, 2.45) is 4.99 Å². The second kappa shape index (κ2) is 8.31. The van der Waals surface area contributed by atoms with Gasteiger partial charge >= 0.3 is 0 Å². The molecule has 25 heavy (non-hydrogen) atoms. The predicted octanol–water partition coefficient (Wildman–Crippen LogP) is 3.08. The second-order valence-corrected chi connectivity index (χ2v) is 7.39. The predicted molar refractivity (Wildman–Crippen MR) is 103 cm³/mol. The first-order valence-electron chi connectivity index (χ1n) is 8.19. The lowest BCUT2D eigenvalue weighted by Gasteiger charge is -2.21. The SMILES string of the molecule is CCNC(=NCCc1nnc2ccccn12)N(C)Cc1ccc(Cl)s1. The number of rotatable bonds is 6. The lowest BCUT2D eigenvalue weighted by Crippen LogP contribution is -2.38. The third kappa shape index (κ3) is 4.49. The van der Waals surface area contributed by atoms with Gasteiger partial charge in [-0.05, 0) is 31.2 Å². The molecule has 0 aliphatic rings. The first-order chi connectivity index (χ1) is 12.2. The molecule has 3 heterocycles. The Morgan fingerprint density at radius 3 is 2.96 bits per heavy atom. The quantitative estimate of drug-likeness (QED) is 0.530. The molecular formula is C17H21ClN6S. The number of thiophene rings is 1. The second-order valence-electron chi connectivity index (χ2n) is 5.59. The van der Waals surface area contributed by atoms with Crippen molar-refractivity contribution in [1.82, 2.24) is 24.8 Å². The minimum Gasteiger partial charge on any atom is -0.357 e. The van der Waals surface area contributed by atoms with E-state index in [-0.39, 0.29) is 0 Å². The van der Waals surface area contributed by atoms with Crippen LogP contribution in [0.15, 0.2) is 41.5 Å². The standard InChI is InChI=1S/C17H21ClN6S/c1-3-19-17(23(2)12-13-7-8-14(18)25-13)20-10-9-16-22-21-15-6-4-5-11-24(15)16/h4-8,11H,3,9-10,12H2,1-2H3,(H,19,20). The topological polar surface area (TPSA) is 57.8 Å². The molecule has 0 saturated carbocycles. The number of fused-ring (bicyclic) bond motifs is 1. The molecule has 8 heteroatoms. The van der Waals surface area contributed by atoms with Gasteiger partial charge in [0.15, 0.2) is 11.6 Å². The number of hydrogen-bond acceptors (Lipinski definition) is 4. The first kappa shape index (κ1) is 17.7. The summed E-state index contributed by atoms with van der Waals surface area (Å²) >= 11 is 7.61. The third-order valence-corrected chi connectivity index (χ3v) is 4.92. The van der Waals surface area contributed by atoms with Gasteiger partial charge in [0.1, 0.15) is 5.82 Å². The van der Waals surface area contributed by atoms with E-state index in [0.29, 0.717) is 6.54 Å². The van der Waals surface area contributed by atoms with Gasteiger partial charge in [0.2, 0.25) is 0 Å². The van der Waals surface area contributed by atoms with E-state index in [1.165, 1.54) is 4.88 Å². The summed E-state index contributed by atoms with van der Waals surface area (Å²) in [6.45, 7) is 4.31. The molecule has 0 bridgehead atoms. The van der Waals surface area contributed by atoms with Crippen molar-refractivity contribution in [3.8, 4) is 0 Å². The van der Waals surface area contributed by atoms with Gasteiger partial charge in [-0.15, -0.1) is 21.5 Å². The molecule has 3 aromatic heterocycles. The van der Waals surface area contributed by atoms with E-state index in [4.69, 9.17) is 16.6 Å². The Labute approximate surface area is 156 Å². The van der Waals surface area contributed by atoms with Crippen LogP contribution in [0.4, 0.5) is 0 Å². The minimum atomic E-state index is 0.646. The molecule has 0 unspecified atom stereocenters. The molecule has 0 amide bonds. The van der Waals surface area contributed by atoms with Gasteiger partial charge in [0.05, 0.1) is 10.9 Å². The lowest BCUT2D eigenvalue weighted by atomic mass is 10.4. The maximum Gasteiger partial charge on any atom is 0.193 e. The fourth-order valence-electron chi connectivity index (χ4n) is 2.54. The van der Waals surface area contributed by atoms with Gasteiger partial charge in [-0.3, -0.25) is 9.39 Å². The van der Waals surface area contributed by atoms with Crippen LogP contribution in [0.1, 0.15) is 17.6 Å². The number of pyridine rings is 1. The molecule has 6 nitrogen and oxygen atoms in total. The van der Waals surface area contributed by atoms with Crippen molar-refractivity contribution < 1.29 is 0 Å². The summed E-state index contributed by atoms with van der Waals surface area (Å²) in [6.07, 6.45) is 2.71. The van der Waals surface area contributed by atoms with Crippen LogP contribution >= 0.6 is 22.9 Å². The zero-order chi connectivity index (χ0) is 17.6. The molecule has 0 saturated heterocycles. The molecule has 1 N–H and O–H groups in total. The maximum absolute atomic E-state index is 6.01. The van der Waals surface area contributed by atoms with Crippen molar-refractivity contribution >= 4 is 34.5 Å². The van der Waals surface area contributed by atoms with Crippen LogP contribution in [-0.2, 0) is 13.0 Å². The molecule has 0 atom stereocenters. The molecule has 0 radical (unpaired) electrons. The fraction of sp³-hybridized carbons (Fsp3) is 0.353. The van der Waals surface area contributed by atoms with Crippen molar-refractivity contribution in [2.75, 3.05) is 20.1 Å². The number of hydrogen-bond donors (Lipinski definition) is 1. The number of guanidine groups is 1. The molecule has 3 rings (SSSR count). The van der Waals surface area contributed by atoms with Crippen molar-refractivity contribution in [1.29, 1.82) is 0 Å². The molecule has 0 aliphatic carbocycles. The van der Waals surface area contributed by atoms with E-state index in [1.54, 1.807) is 11.3 Å². The monoisotopic (exact) mass is 376 g/mol. The van der Waals surface area contributed by atoms with Gasteiger partial charge in [0.25, 0.3) is 0 Å². The zero-order valence-electron chi connectivity index (χ0n) is 14.3. The smallest absolute Gasteiger partial charge is 0.193 e. The van der Waals surface area contributed by atoms with Crippen LogP contribution in [0.3, 0.4) is 0 Å². The molecule has 0 spiro atoms. The maximum atomic E-state index is 6.01. The van der Waals surface area contributed by atoms with Crippen LogP contribution in [0, 0.1) is 0 Å². The summed E-state index contributed by atoms with van der Waals surface area (Å²) in [5.41, 5.74) is 0.861. The number of nitrogens with one attached hydrogen (secondary N) is 1. The van der Waals surface area contributed by atoms with Gasteiger partial charge in [-0.1, -0.05) is 17.7 Å². The zero-order valence-corrected chi connectivity index (χ0v) is 15.9. The molecule has 0 aliphatic heterocycles. The van der Waals surface area contributed by atoms with Crippen LogP contribution in [0.5, 0.6) is 0 Å². The molecule has 0 aromatic carbocycles. The molecule has 3 aromatic rings. The fourth-order valence-corrected chi connectivity index (χ4v) is 3.68. The van der Waals surface area contributed by atoms with E-state index in [0.717, 1.165) is 41.3 Å². The van der Waals surface area contributed by atoms with Crippen molar-refractivity contribution in [2.45, 2.75) is 19.9 Å². The van der Waals surface area contributed by atoms with E-state index in [1.807, 2.05) is 41.9 Å². The average Bonchev–Trinajstić information content (AvgIpc) is 3.20. The van der Waals surface area contributed by atoms with E-state index < -0.39 is 0 Å². The number of nitrogens with zero attached hydrogens (tertiary/aromatic N) is 5.